The first kappa shape index (κ1) is 35.9. The van der Waals surface area contributed by atoms with Crippen LogP contribution in [0.25, 0.3) is 21.5 Å². The number of methoxy groups -OCH3 is 2. The summed E-state index contributed by atoms with van der Waals surface area (Å²) in [4.78, 5) is 38.6. The Morgan fingerprint density at radius 3 is 1.84 bits per heavy atom. The number of rotatable bonds is 7. The molecule has 50 heavy (non-hydrogen) atoms. The van der Waals surface area contributed by atoms with Gasteiger partial charge in [-0.25, -0.2) is 0 Å². The number of hydrogen-bond acceptors (Lipinski definition) is 7. The van der Waals surface area contributed by atoms with E-state index in [9.17, 15) is 19.5 Å². The molecule has 6 aromatic rings. The molecule has 6 aromatic carbocycles. The Morgan fingerprint density at radius 2 is 1.22 bits per heavy atom. The molecule has 0 aliphatic carbocycles. The third kappa shape index (κ3) is 8.24. The van der Waals surface area contributed by atoms with E-state index < -0.39 is 11.9 Å². The molecule has 9 nitrogen and oxygen atoms in total. The van der Waals surface area contributed by atoms with Crippen molar-refractivity contribution in [2.75, 3.05) is 31.5 Å². The number of para-hydroxylation sites is 4. The standard InChI is InChI=1S/C20H16BrNO4.C19H16BrNO3/c1-12(23)26-19-11-13-7-8-15(21)9-14(13)10-16(19)20(24)22-17-5-3-4-6-18(17)25-2;1-21(16-5-3-4-6-18(16)24-2)19(23)15-10-13-9-14(20)8-7-12(13)11-17(15)22/h3-11H,1-2H3,(H,22,24);3-11,22H,1-2H3. The van der Waals surface area contributed by atoms with Crippen molar-refractivity contribution in [1.29, 1.82) is 0 Å². The highest BCUT2D eigenvalue weighted by molar-refractivity contribution is 9.10. The fourth-order valence-corrected chi connectivity index (χ4v) is 5.98. The maximum Gasteiger partial charge on any atom is 0.308 e. The number of halogens is 2. The molecular weight excluding hydrogens is 768 g/mol. The van der Waals surface area contributed by atoms with Gasteiger partial charge in [0.1, 0.15) is 23.0 Å². The molecular formula is C39H32Br2N2O7. The quantitative estimate of drug-likeness (QED) is 0.122. The number of benzene rings is 6. The van der Waals surface area contributed by atoms with Gasteiger partial charge in [0.25, 0.3) is 11.8 Å². The number of anilines is 2. The molecule has 6 rings (SSSR count). The first-order valence-corrected chi connectivity index (χ1v) is 16.8. The van der Waals surface area contributed by atoms with Crippen LogP contribution in [-0.2, 0) is 4.79 Å². The first-order chi connectivity index (χ1) is 24.0. The number of aromatic hydroxyl groups is 1. The molecule has 0 bridgehead atoms. The average Bonchev–Trinajstić information content (AvgIpc) is 3.11. The van der Waals surface area contributed by atoms with Crippen LogP contribution in [0.2, 0.25) is 0 Å². The lowest BCUT2D eigenvalue weighted by Crippen LogP contribution is -2.26. The molecule has 0 unspecified atom stereocenters. The van der Waals surface area contributed by atoms with Crippen LogP contribution in [0.15, 0.2) is 118 Å². The lowest BCUT2D eigenvalue weighted by atomic mass is 10.0. The molecule has 0 saturated carbocycles. The van der Waals surface area contributed by atoms with Crippen LogP contribution in [-0.4, -0.2) is 44.2 Å². The summed E-state index contributed by atoms with van der Waals surface area (Å²) in [6.07, 6.45) is 0. The number of carbonyl (C=O) groups is 3. The van der Waals surface area contributed by atoms with E-state index >= 15 is 0 Å². The highest BCUT2D eigenvalue weighted by atomic mass is 79.9. The number of hydrogen-bond donors (Lipinski definition) is 2. The summed E-state index contributed by atoms with van der Waals surface area (Å²) in [7, 11) is 4.75. The zero-order valence-corrected chi connectivity index (χ0v) is 30.7. The number of amides is 2. The fraction of sp³-hybridized carbons (Fsp3) is 0.103. The summed E-state index contributed by atoms with van der Waals surface area (Å²) < 4.78 is 17.6. The predicted octanol–water partition coefficient (Wildman–Crippen LogP) is 9.38. The van der Waals surface area contributed by atoms with Gasteiger partial charge in [-0.05, 0) is 94.3 Å². The van der Waals surface area contributed by atoms with Gasteiger partial charge in [0, 0.05) is 22.9 Å². The molecule has 254 valence electrons. The average molecular weight is 800 g/mol. The zero-order chi connectivity index (χ0) is 35.9. The monoisotopic (exact) mass is 798 g/mol. The Kier molecular flexibility index (Phi) is 11.4. The van der Waals surface area contributed by atoms with Crippen LogP contribution in [0.4, 0.5) is 11.4 Å². The van der Waals surface area contributed by atoms with Gasteiger partial charge in [-0.2, -0.15) is 0 Å². The molecule has 0 spiro atoms. The van der Waals surface area contributed by atoms with E-state index in [0.717, 1.165) is 30.5 Å². The number of phenols is 1. The van der Waals surface area contributed by atoms with Gasteiger partial charge in [-0.15, -0.1) is 0 Å². The molecule has 0 saturated heterocycles. The van der Waals surface area contributed by atoms with Gasteiger partial charge in [0.2, 0.25) is 0 Å². The highest BCUT2D eigenvalue weighted by Gasteiger charge is 2.21. The Morgan fingerprint density at radius 1 is 0.660 bits per heavy atom. The summed E-state index contributed by atoms with van der Waals surface area (Å²) >= 11 is 6.85. The molecule has 2 N–H and O–H groups in total. The third-order valence-electron chi connectivity index (χ3n) is 7.65. The van der Waals surface area contributed by atoms with Crippen molar-refractivity contribution in [2.24, 2.45) is 0 Å². The second kappa shape index (κ2) is 15.9. The summed E-state index contributed by atoms with van der Waals surface area (Å²) in [5.41, 5.74) is 1.67. The molecule has 0 radical (unpaired) electrons. The zero-order valence-electron chi connectivity index (χ0n) is 27.5. The van der Waals surface area contributed by atoms with Gasteiger partial charge in [-0.1, -0.05) is 68.3 Å². The summed E-state index contributed by atoms with van der Waals surface area (Å²) in [5.74, 6) is 0.102. The van der Waals surface area contributed by atoms with E-state index in [1.54, 1.807) is 68.8 Å². The van der Waals surface area contributed by atoms with Crippen molar-refractivity contribution in [3.8, 4) is 23.0 Å². The van der Waals surface area contributed by atoms with E-state index in [-0.39, 0.29) is 28.5 Å². The number of ether oxygens (including phenoxy) is 3. The molecule has 2 amide bonds. The van der Waals surface area contributed by atoms with E-state index in [1.807, 2.05) is 54.6 Å². The van der Waals surface area contributed by atoms with Gasteiger partial charge in [0.15, 0.2) is 0 Å². The van der Waals surface area contributed by atoms with Crippen molar-refractivity contribution >= 4 is 82.6 Å². The lowest BCUT2D eigenvalue weighted by molar-refractivity contribution is -0.131. The van der Waals surface area contributed by atoms with Gasteiger partial charge >= 0.3 is 5.97 Å². The maximum absolute atomic E-state index is 12.9. The first-order valence-electron chi connectivity index (χ1n) is 15.2. The summed E-state index contributed by atoms with van der Waals surface area (Å²) in [6.45, 7) is 1.30. The van der Waals surface area contributed by atoms with Gasteiger partial charge in [-0.3, -0.25) is 14.4 Å². The molecule has 11 heteroatoms. The molecule has 0 aliphatic rings. The minimum atomic E-state index is -0.493. The van der Waals surface area contributed by atoms with Crippen LogP contribution in [0.5, 0.6) is 23.0 Å². The molecule has 0 heterocycles. The molecule has 0 aliphatic heterocycles. The van der Waals surface area contributed by atoms with Crippen LogP contribution < -0.4 is 24.4 Å². The maximum atomic E-state index is 12.9. The lowest BCUT2D eigenvalue weighted by Gasteiger charge is -2.20. The minimum absolute atomic E-state index is 0.0448. The van der Waals surface area contributed by atoms with Crippen LogP contribution in [0.3, 0.4) is 0 Å². The molecule has 0 fully saturated rings. The van der Waals surface area contributed by atoms with Crippen LogP contribution in [0.1, 0.15) is 27.6 Å². The van der Waals surface area contributed by atoms with E-state index in [4.69, 9.17) is 14.2 Å². The summed E-state index contributed by atoms with van der Waals surface area (Å²) in [5, 5.41) is 16.5. The van der Waals surface area contributed by atoms with Crippen molar-refractivity contribution < 1.29 is 33.7 Å². The smallest absolute Gasteiger partial charge is 0.308 e. The minimum Gasteiger partial charge on any atom is -0.507 e. The number of fused-ring (bicyclic) bond motifs is 2. The molecule has 0 atom stereocenters. The van der Waals surface area contributed by atoms with Gasteiger partial charge in [0.05, 0.1) is 36.7 Å². The predicted molar refractivity (Wildman–Crippen MR) is 203 cm³/mol. The molecule has 0 aromatic heterocycles. The fourth-order valence-electron chi connectivity index (χ4n) is 5.23. The van der Waals surface area contributed by atoms with E-state index in [0.29, 0.717) is 22.9 Å². The SMILES string of the molecule is COc1ccccc1N(C)C(=O)c1cc2cc(Br)ccc2cc1O.COc1ccccc1NC(=O)c1cc2cc(Br)ccc2cc1OC(C)=O. The van der Waals surface area contributed by atoms with Crippen molar-refractivity contribution in [3.05, 3.63) is 129 Å². The number of nitrogens with zero attached hydrogens (tertiary/aromatic N) is 1. The number of carbonyl (C=O) groups excluding carboxylic acids is 3. The van der Waals surface area contributed by atoms with Crippen molar-refractivity contribution in [3.63, 3.8) is 0 Å². The second-order valence-electron chi connectivity index (χ2n) is 11.0. The number of phenolic OH excluding ortho intramolecular Hbond substituents is 1. The van der Waals surface area contributed by atoms with Crippen molar-refractivity contribution in [1.82, 2.24) is 0 Å². The number of esters is 1. The Labute approximate surface area is 305 Å². The van der Waals surface area contributed by atoms with Gasteiger partial charge < -0.3 is 29.5 Å². The number of nitrogens with one attached hydrogen (secondary N) is 1. The van der Waals surface area contributed by atoms with Crippen molar-refractivity contribution in [2.45, 2.75) is 6.92 Å². The normalized spacial score (nSPS) is 10.5. The van der Waals surface area contributed by atoms with Crippen LogP contribution >= 0.6 is 31.9 Å². The van der Waals surface area contributed by atoms with E-state index in [1.165, 1.54) is 18.9 Å². The Bertz CT molecular complexity index is 2240. The van der Waals surface area contributed by atoms with E-state index in [2.05, 4.69) is 37.2 Å². The largest absolute Gasteiger partial charge is 0.507 e. The highest BCUT2D eigenvalue weighted by Crippen LogP contribution is 2.33. The Balaban J connectivity index is 0.000000195. The topological polar surface area (TPSA) is 114 Å². The van der Waals surface area contributed by atoms with Crippen LogP contribution in [0, 0.1) is 0 Å². The Hall–Kier alpha value is -5.39. The summed E-state index contributed by atoms with van der Waals surface area (Å²) in [6, 6.07) is 32.4. The third-order valence-corrected chi connectivity index (χ3v) is 8.64. The second-order valence-corrected chi connectivity index (χ2v) is 12.8.